The largest absolute Gasteiger partial charge is 0.465 e. The molecule has 0 aliphatic heterocycles. The second-order valence-corrected chi connectivity index (χ2v) is 11.7. The number of amides is 2. The van der Waals surface area contributed by atoms with E-state index in [-0.39, 0.29) is 27.7 Å². The van der Waals surface area contributed by atoms with Crippen molar-refractivity contribution in [1.29, 1.82) is 0 Å². The Bertz CT molecular complexity index is 1880. The summed E-state index contributed by atoms with van der Waals surface area (Å²) in [5.41, 5.74) is 12.2. The third kappa shape index (κ3) is 5.50. The van der Waals surface area contributed by atoms with Crippen molar-refractivity contribution in [3.8, 4) is 11.1 Å². The fourth-order valence-corrected chi connectivity index (χ4v) is 6.13. The molecule has 212 valence electrons. The molecule has 2 aromatic heterocycles. The molecule has 0 spiro atoms. The van der Waals surface area contributed by atoms with Crippen molar-refractivity contribution >= 4 is 72.3 Å². The van der Waals surface area contributed by atoms with Crippen LogP contribution in [0, 0.1) is 20.8 Å². The molecule has 5 rings (SSSR count). The second-order valence-electron chi connectivity index (χ2n) is 9.74. The lowest BCUT2D eigenvalue weighted by molar-refractivity contribution is 0.0601. The first-order chi connectivity index (χ1) is 20.1. The minimum Gasteiger partial charge on any atom is -0.465 e. The summed E-state index contributed by atoms with van der Waals surface area (Å²) in [6.45, 7) is 5.70. The number of fused-ring (bicyclic) bond motifs is 1. The number of methoxy groups -OCH3 is 1. The standard InChI is InChI=1S/C32H27BrN4O4S/c1-16-9-14-22(17(2)15-16)36-29(38)24-18(3)35-31-26(25(24)19-10-12-20(33)13-11-19)27(34)28(42-31)30(39)37-23-8-6-5-7-21(23)32(40)41-4/h5-15H,34H2,1-4H3,(H,36,38)(H,37,39). The van der Waals surface area contributed by atoms with Crippen LogP contribution in [0.4, 0.5) is 17.1 Å². The van der Waals surface area contributed by atoms with Gasteiger partial charge in [-0.25, -0.2) is 9.78 Å². The minimum absolute atomic E-state index is 0.189. The van der Waals surface area contributed by atoms with Gasteiger partial charge in [0.2, 0.25) is 0 Å². The molecule has 0 saturated heterocycles. The number of pyridine rings is 1. The third-order valence-electron chi connectivity index (χ3n) is 6.83. The Morgan fingerprint density at radius 3 is 2.29 bits per heavy atom. The average molecular weight is 644 g/mol. The Kier molecular flexibility index (Phi) is 8.11. The van der Waals surface area contributed by atoms with Crippen molar-refractivity contribution < 1.29 is 19.1 Å². The molecule has 0 fully saturated rings. The van der Waals surface area contributed by atoms with Gasteiger partial charge >= 0.3 is 5.97 Å². The Hall–Kier alpha value is -4.54. The van der Waals surface area contributed by atoms with Gasteiger partial charge < -0.3 is 21.1 Å². The fraction of sp³-hybridized carbons (Fsp3) is 0.125. The molecule has 0 aliphatic carbocycles. The summed E-state index contributed by atoms with van der Waals surface area (Å²) in [6, 6.07) is 19.9. The number of anilines is 3. The van der Waals surface area contributed by atoms with Gasteiger partial charge in [-0.2, -0.15) is 0 Å². The summed E-state index contributed by atoms with van der Waals surface area (Å²) in [5.74, 6) is -1.42. The van der Waals surface area contributed by atoms with E-state index >= 15 is 0 Å². The molecular formula is C32H27BrN4O4S. The Morgan fingerprint density at radius 1 is 0.905 bits per heavy atom. The number of hydrogen-bond donors (Lipinski definition) is 3. The number of hydrogen-bond acceptors (Lipinski definition) is 7. The number of ether oxygens (including phenoxy) is 1. The lowest BCUT2D eigenvalue weighted by Crippen LogP contribution is -2.17. The molecule has 5 aromatic rings. The van der Waals surface area contributed by atoms with Crippen LogP contribution in [0.25, 0.3) is 21.3 Å². The Morgan fingerprint density at radius 2 is 1.60 bits per heavy atom. The number of aryl methyl sites for hydroxylation is 3. The number of rotatable bonds is 6. The van der Waals surface area contributed by atoms with Crippen LogP contribution in [0.1, 0.15) is 47.2 Å². The van der Waals surface area contributed by atoms with Crippen LogP contribution in [-0.4, -0.2) is 29.9 Å². The fourth-order valence-electron chi connectivity index (χ4n) is 4.82. The first kappa shape index (κ1) is 29.0. The quantitative estimate of drug-likeness (QED) is 0.165. The molecule has 42 heavy (non-hydrogen) atoms. The lowest BCUT2D eigenvalue weighted by Gasteiger charge is -2.16. The second kappa shape index (κ2) is 11.8. The Labute approximate surface area is 255 Å². The number of para-hydroxylation sites is 1. The van der Waals surface area contributed by atoms with Crippen LogP contribution in [0.15, 0.2) is 71.2 Å². The molecule has 8 nitrogen and oxygen atoms in total. The van der Waals surface area contributed by atoms with E-state index in [2.05, 4.69) is 26.6 Å². The van der Waals surface area contributed by atoms with E-state index in [1.807, 2.05) is 56.3 Å². The van der Waals surface area contributed by atoms with Gasteiger partial charge in [0.25, 0.3) is 11.8 Å². The highest BCUT2D eigenvalue weighted by atomic mass is 79.9. The van der Waals surface area contributed by atoms with Gasteiger partial charge in [-0.1, -0.05) is 57.9 Å². The number of carbonyl (C=O) groups excluding carboxylic acids is 3. The predicted molar refractivity (Wildman–Crippen MR) is 172 cm³/mol. The zero-order valence-electron chi connectivity index (χ0n) is 23.3. The number of nitrogens with one attached hydrogen (secondary N) is 2. The molecule has 0 aliphatic rings. The van der Waals surface area contributed by atoms with Crippen LogP contribution in [0.3, 0.4) is 0 Å². The van der Waals surface area contributed by atoms with Crippen molar-refractivity contribution in [1.82, 2.24) is 4.98 Å². The van der Waals surface area contributed by atoms with Crippen LogP contribution in [-0.2, 0) is 4.74 Å². The van der Waals surface area contributed by atoms with Gasteiger partial charge in [-0.05, 0) is 62.2 Å². The zero-order valence-corrected chi connectivity index (χ0v) is 25.7. The highest BCUT2D eigenvalue weighted by Crippen LogP contribution is 2.43. The molecular weight excluding hydrogens is 616 g/mol. The van der Waals surface area contributed by atoms with E-state index in [1.54, 1.807) is 31.2 Å². The first-order valence-corrected chi connectivity index (χ1v) is 14.6. The number of nitrogens with two attached hydrogens (primary N) is 1. The number of esters is 1. The number of nitrogens with zero attached hydrogens (tertiary/aromatic N) is 1. The monoisotopic (exact) mass is 642 g/mol. The number of halogens is 1. The van der Waals surface area contributed by atoms with Crippen molar-refractivity contribution in [3.05, 3.63) is 104 Å². The van der Waals surface area contributed by atoms with Gasteiger partial charge in [0.15, 0.2) is 0 Å². The molecule has 4 N–H and O–H groups in total. The molecule has 3 aromatic carbocycles. The van der Waals surface area contributed by atoms with Gasteiger partial charge in [0.05, 0.1) is 35.3 Å². The highest BCUT2D eigenvalue weighted by Gasteiger charge is 2.27. The van der Waals surface area contributed by atoms with Crippen molar-refractivity contribution in [2.75, 3.05) is 23.5 Å². The van der Waals surface area contributed by atoms with E-state index in [4.69, 9.17) is 15.5 Å². The number of nitrogen functional groups attached to an aromatic ring is 1. The van der Waals surface area contributed by atoms with Gasteiger partial charge in [-0.3, -0.25) is 9.59 Å². The molecule has 2 amide bonds. The summed E-state index contributed by atoms with van der Waals surface area (Å²) in [7, 11) is 1.27. The van der Waals surface area contributed by atoms with Crippen LogP contribution < -0.4 is 16.4 Å². The SMILES string of the molecule is COC(=O)c1ccccc1NC(=O)c1sc2nc(C)c(C(=O)Nc3ccc(C)cc3C)c(-c3ccc(Br)cc3)c2c1N. The summed E-state index contributed by atoms with van der Waals surface area (Å²) < 4.78 is 5.72. The Balaban J connectivity index is 1.66. The maximum absolute atomic E-state index is 13.9. The van der Waals surface area contributed by atoms with Crippen molar-refractivity contribution in [2.24, 2.45) is 0 Å². The summed E-state index contributed by atoms with van der Waals surface area (Å²) in [6.07, 6.45) is 0. The molecule has 0 unspecified atom stereocenters. The predicted octanol–water partition coefficient (Wildman–Crippen LogP) is 7.52. The van der Waals surface area contributed by atoms with Crippen molar-refractivity contribution in [2.45, 2.75) is 20.8 Å². The molecule has 0 radical (unpaired) electrons. The van der Waals surface area contributed by atoms with E-state index in [0.717, 1.165) is 32.5 Å². The first-order valence-electron chi connectivity index (χ1n) is 12.9. The minimum atomic E-state index is -0.579. The van der Waals surface area contributed by atoms with E-state index in [0.29, 0.717) is 32.7 Å². The molecule has 0 atom stereocenters. The maximum Gasteiger partial charge on any atom is 0.339 e. The topological polar surface area (TPSA) is 123 Å². The maximum atomic E-state index is 13.9. The summed E-state index contributed by atoms with van der Waals surface area (Å²) in [5, 5.41) is 6.32. The highest BCUT2D eigenvalue weighted by molar-refractivity contribution is 9.10. The molecule has 2 heterocycles. The van der Waals surface area contributed by atoms with Crippen LogP contribution >= 0.6 is 27.3 Å². The summed E-state index contributed by atoms with van der Waals surface area (Å²) >= 11 is 4.60. The zero-order chi connectivity index (χ0) is 30.1. The van der Waals surface area contributed by atoms with Crippen molar-refractivity contribution in [3.63, 3.8) is 0 Å². The molecule has 0 bridgehead atoms. The molecule has 10 heteroatoms. The number of carbonyl (C=O) groups is 3. The van der Waals surface area contributed by atoms with E-state index < -0.39 is 11.9 Å². The summed E-state index contributed by atoms with van der Waals surface area (Å²) in [4.78, 5) is 45.1. The number of thiophene rings is 1. The molecule has 0 saturated carbocycles. The third-order valence-corrected chi connectivity index (χ3v) is 8.46. The van der Waals surface area contributed by atoms with E-state index in [1.165, 1.54) is 7.11 Å². The van der Waals surface area contributed by atoms with Gasteiger partial charge in [0, 0.05) is 21.1 Å². The number of benzene rings is 3. The van der Waals surface area contributed by atoms with E-state index in [9.17, 15) is 14.4 Å². The van der Waals surface area contributed by atoms with Gasteiger partial charge in [0.1, 0.15) is 9.71 Å². The average Bonchev–Trinajstić information content (AvgIpc) is 3.29. The van der Waals surface area contributed by atoms with Gasteiger partial charge in [-0.15, -0.1) is 11.3 Å². The number of aromatic nitrogens is 1. The van der Waals surface area contributed by atoms with Crippen LogP contribution in [0.5, 0.6) is 0 Å². The smallest absolute Gasteiger partial charge is 0.339 e. The van der Waals surface area contributed by atoms with Crippen LogP contribution in [0.2, 0.25) is 0 Å². The lowest BCUT2D eigenvalue weighted by atomic mass is 9.94. The normalized spacial score (nSPS) is 10.9.